The minimum atomic E-state index is -5.18. The largest absolute Gasteiger partial charge is 0.383 e. The molecule has 0 rings (SSSR count). The van der Waals surface area contributed by atoms with Crippen molar-refractivity contribution in [2.24, 2.45) is 5.41 Å². The summed E-state index contributed by atoms with van der Waals surface area (Å²) in [5, 5.41) is 0. The summed E-state index contributed by atoms with van der Waals surface area (Å²) in [6.07, 6.45) is -10.9. The van der Waals surface area contributed by atoms with Crippen LogP contribution in [0.15, 0.2) is 38.0 Å². The van der Waals surface area contributed by atoms with Gasteiger partial charge in [0.15, 0.2) is 0 Å². The third kappa shape index (κ3) is 15.7. The number of allylic oxidation sites excluding steroid dienone is 3. The van der Waals surface area contributed by atoms with Crippen molar-refractivity contribution in [3.05, 3.63) is 38.0 Å². The molecule has 0 aliphatic carbocycles. The molecule has 0 aliphatic rings. The van der Waals surface area contributed by atoms with Crippen LogP contribution >= 0.6 is 0 Å². The summed E-state index contributed by atoms with van der Waals surface area (Å²) in [5.41, 5.74) is -0.438. The maximum atomic E-state index is 14.1. The molecule has 0 saturated carbocycles. The second kappa shape index (κ2) is 15.2. The number of methoxy groups -OCH3 is 1. The van der Waals surface area contributed by atoms with Gasteiger partial charge in [-0.15, -0.1) is 19.7 Å². The fourth-order valence-corrected chi connectivity index (χ4v) is 3.60. The first-order valence-corrected chi connectivity index (χ1v) is 11.4. The van der Waals surface area contributed by atoms with Crippen LogP contribution in [0.5, 0.6) is 0 Å². The lowest BCUT2D eigenvalue weighted by Crippen LogP contribution is -2.42. The zero-order valence-corrected chi connectivity index (χ0v) is 21.0. The number of alkyl halides is 10. The molecule has 0 N–H and O–H groups in total. The molecule has 0 fully saturated rings. The van der Waals surface area contributed by atoms with Gasteiger partial charge in [-0.25, -0.2) is 17.6 Å². The Morgan fingerprint density at radius 3 is 1.47 bits per heavy atom. The predicted molar refractivity (Wildman–Crippen MR) is 120 cm³/mol. The molecule has 0 bridgehead atoms. The van der Waals surface area contributed by atoms with E-state index >= 15 is 0 Å². The average Bonchev–Trinajstić information content (AvgIpc) is 2.71. The van der Waals surface area contributed by atoms with E-state index in [1.54, 1.807) is 18.2 Å². The molecule has 14 heteroatoms. The molecular weight excluding hydrogens is 542 g/mol. The first-order chi connectivity index (χ1) is 17.3. The summed E-state index contributed by atoms with van der Waals surface area (Å²) in [7, 11) is 0.535. The van der Waals surface area contributed by atoms with Crippen molar-refractivity contribution in [1.82, 2.24) is 0 Å². The van der Waals surface area contributed by atoms with Crippen LogP contribution in [0.3, 0.4) is 0 Å². The van der Waals surface area contributed by atoms with Crippen LogP contribution in [-0.2, 0) is 18.9 Å². The van der Waals surface area contributed by atoms with Crippen molar-refractivity contribution in [2.45, 2.75) is 75.1 Å². The number of rotatable bonds is 23. The molecule has 0 aromatic rings. The van der Waals surface area contributed by atoms with Crippen molar-refractivity contribution in [1.29, 1.82) is 0 Å². The first kappa shape index (κ1) is 36.4. The highest BCUT2D eigenvalue weighted by atomic mass is 19.3. The second-order valence-corrected chi connectivity index (χ2v) is 8.92. The summed E-state index contributed by atoms with van der Waals surface area (Å²) < 4.78 is 150. The SMILES string of the molecule is C=CCC(CC=C)(CC=C)CCCC(F)(F)COCC(F)(F)OC(F)(F)CC(F)(F)COCC(F)(F)OC. The molecule has 0 saturated heterocycles. The summed E-state index contributed by atoms with van der Waals surface area (Å²) >= 11 is 0. The van der Waals surface area contributed by atoms with E-state index in [0.29, 0.717) is 32.8 Å². The van der Waals surface area contributed by atoms with Gasteiger partial charge in [-0.05, 0) is 37.5 Å². The van der Waals surface area contributed by atoms with Gasteiger partial charge in [0, 0.05) is 13.5 Å². The number of hydrogen-bond donors (Lipinski definition) is 0. The Hall–Kier alpha value is -1.64. The second-order valence-electron chi connectivity index (χ2n) is 8.92. The highest BCUT2D eigenvalue weighted by Crippen LogP contribution is 2.40. The smallest absolute Gasteiger partial charge is 0.366 e. The van der Waals surface area contributed by atoms with Gasteiger partial charge in [0.1, 0.15) is 32.8 Å². The molecule has 0 aliphatic heterocycles. The van der Waals surface area contributed by atoms with Crippen LogP contribution < -0.4 is 0 Å². The van der Waals surface area contributed by atoms with E-state index in [9.17, 15) is 43.9 Å². The maximum absolute atomic E-state index is 14.1. The van der Waals surface area contributed by atoms with E-state index in [2.05, 4.69) is 38.7 Å². The fourth-order valence-electron chi connectivity index (χ4n) is 3.60. The molecule has 0 spiro atoms. The maximum Gasteiger partial charge on any atom is 0.383 e. The Morgan fingerprint density at radius 1 is 0.579 bits per heavy atom. The van der Waals surface area contributed by atoms with E-state index in [0.717, 1.165) is 0 Å². The highest BCUT2D eigenvalue weighted by molar-refractivity contribution is 4.95. The van der Waals surface area contributed by atoms with E-state index in [1.165, 1.54) is 0 Å². The number of hydrogen-bond acceptors (Lipinski definition) is 4. The van der Waals surface area contributed by atoms with Gasteiger partial charge in [-0.1, -0.05) is 18.2 Å². The molecular formula is C24H34F10O4. The molecule has 0 radical (unpaired) electrons. The van der Waals surface area contributed by atoms with Crippen LogP contribution in [0.25, 0.3) is 0 Å². The van der Waals surface area contributed by atoms with Gasteiger partial charge in [0.05, 0.1) is 0 Å². The topological polar surface area (TPSA) is 36.9 Å². The average molecular weight is 577 g/mol. The number of halogens is 10. The van der Waals surface area contributed by atoms with Crippen LogP contribution in [0, 0.1) is 5.41 Å². The fraction of sp³-hybridized carbons (Fsp3) is 0.750. The molecule has 0 unspecified atom stereocenters. The lowest BCUT2D eigenvalue weighted by molar-refractivity contribution is -0.397. The summed E-state index contributed by atoms with van der Waals surface area (Å²) in [4.78, 5) is 0. The Bertz CT molecular complexity index is 702. The van der Waals surface area contributed by atoms with Crippen molar-refractivity contribution in [2.75, 3.05) is 33.5 Å². The van der Waals surface area contributed by atoms with Crippen LogP contribution in [-0.4, -0.2) is 63.7 Å². The molecule has 0 heterocycles. The molecule has 0 atom stereocenters. The third-order valence-electron chi connectivity index (χ3n) is 5.21. The molecule has 0 amide bonds. The lowest BCUT2D eigenvalue weighted by atomic mass is 9.74. The van der Waals surface area contributed by atoms with Crippen molar-refractivity contribution in [3.8, 4) is 0 Å². The first-order valence-electron chi connectivity index (χ1n) is 11.4. The zero-order chi connectivity index (χ0) is 29.7. The van der Waals surface area contributed by atoms with Crippen LogP contribution in [0.1, 0.15) is 44.9 Å². The standard InChI is InChI=1S/C24H34F10O4/c1-5-9-19(10-6-2,11-7-3)12-8-13-20(25,26)15-36-18-24(33,34)38-22(29,30)14-21(27,28)16-37-17-23(31,32)35-4/h5-7H,1-3,8-18H2,4H3. The van der Waals surface area contributed by atoms with E-state index in [-0.39, 0.29) is 6.42 Å². The van der Waals surface area contributed by atoms with Gasteiger partial charge in [0.2, 0.25) is 0 Å². The molecule has 0 aromatic heterocycles. The van der Waals surface area contributed by atoms with E-state index in [4.69, 9.17) is 0 Å². The summed E-state index contributed by atoms with van der Waals surface area (Å²) in [6, 6.07) is 0. The zero-order valence-electron chi connectivity index (χ0n) is 21.0. The molecule has 4 nitrogen and oxygen atoms in total. The monoisotopic (exact) mass is 576 g/mol. The van der Waals surface area contributed by atoms with Gasteiger partial charge in [0.25, 0.3) is 11.8 Å². The van der Waals surface area contributed by atoms with Crippen molar-refractivity contribution in [3.63, 3.8) is 0 Å². The summed E-state index contributed by atoms with van der Waals surface area (Å²) in [6.45, 7) is 3.62. The number of ether oxygens (including phenoxy) is 4. The predicted octanol–water partition coefficient (Wildman–Crippen LogP) is 8.01. The van der Waals surface area contributed by atoms with Gasteiger partial charge in [-0.3, -0.25) is 4.74 Å². The van der Waals surface area contributed by atoms with Crippen LogP contribution in [0.4, 0.5) is 43.9 Å². The summed E-state index contributed by atoms with van der Waals surface area (Å²) in [5.74, 6) is -8.16. The Labute approximate surface area is 215 Å². The molecule has 224 valence electrons. The minimum absolute atomic E-state index is 0.0374. The molecule has 38 heavy (non-hydrogen) atoms. The van der Waals surface area contributed by atoms with Crippen LogP contribution in [0.2, 0.25) is 0 Å². The van der Waals surface area contributed by atoms with Gasteiger partial charge in [-0.2, -0.15) is 26.3 Å². The Balaban J connectivity index is 4.78. The third-order valence-corrected chi connectivity index (χ3v) is 5.21. The quantitative estimate of drug-likeness (QED) is 0.0913. The Morgan fingerprint density at radius 2 is 1.03 bits per heavy atom. The normalized spacial score (nSPS) is 14.0. The van der Waals surface area contributed by atoms with Gasteiger partial charge >= 0.3 is 18.3 Å². The highest BCUT2D eigenvalue weighted by Gasteiger charge is 2.51. The van der Waals surface area contributed by atoms with Crippen molar-refractivity contribution < 1.29 is 62.9 Å². The van der Waals surface area contributed by atoms with E-state index < -0.39 is 74.9 Å². The van der Waals surface area contributed by atoms with Gasteiger partial charge < -0.3 is 14.2 Å². The molecule has 0 aromatic carbocycles. The Kier molecular flexibility index (Phi) is 14.6. The lowest BCUT2D eigenvalue weighted by Gasteiger charge is -2.32. The van der Waals surface area contributed by atoms with E-state index in [1.807, 2.05) is 0 Å². The van der Waals surface area contributed by atoms with Crippen molar-refractivity contribution >= 4 is 0 Å². The minimum Gasteiger partial charge on any atom is -0.366 e.